The van der Waals surface area contributed by atoms with E-state index in [1.54, 1.807) is 12.1 Å². The minimum atomic E-state index is -3.80. The molecular formula is C15H21ClN4O4S. The van der Waals surface area contributed by atoms with Gasteiger partial charge in [0.05, 0.1) is 11.4 Å². The van der Waals surface area contributed by atoms with Crippen LogP contribution in [0.3, 0.4) is 0 Å². The van der Waals surface area contributed by atoms with Gasteiger partial charge < -0.3 is 16.0 Å². The van der Waals surface area contributed by atoms with Gasteiger partial charge in [0.2, 0.25) is 15.9 Å². The van der Waals surface area contributed by atoms with Gasteiger partial charge in [-0.3, -0.25) is 9.59 Å². The summed E-state index contributed by atoms with van der Waals surface area (Å²) in [4.78, 5) is 23.8. The highest BCUT2D eigenvalue weighted by molar-refractivity contribution is 7.89. The lowest BCUT2D eigenvalue weighted by Gasteiger charge is -2.26. The molecule has 1 aromatic carbocycles. The smallest absolute Gasteiger partial charge is 0.251 e. The molecule has 3 rings (SSSR count). The van der Waals surface area contributed by atoms with E-state index in [1.807, 2.05) is 0 Å². The summed E-state index contributed by atoms with van der Waals surface area (Å²) < 4.78 is 26.4. The minimum absolute atomic E-state index is 0. The molecule has 2 aliphatic rings. The number of sulfonamides is 1. The van der Waals surface area contributed by atoms with Gasteiger partial charge >= 0.3 is 0 Å². The van der Waals surface area contributed by atoms with Crippen LogP contribution in [0.25, 0.3) is 0 Å². The fourth-order valence-corrected chi connectivity index (χ4v) is 4.26. The number of hydrogen-bond donors (Lipinski definition) is 3. The Kier molecular flexibility index (Phi) is 6.39. The van der Waals surface area contributed by atoms with E-state index < -0.39 is 10.0 Å². The zero-order valence-corrected chi connectivity index (χ0v) is 15.2. The molecule has 0 bridgehead atoms. The lowest BCUT2D eigenvalue weighted by atomic mass is 10.2. The van der Waals surface area contributed by atoms with Crippen molar-refractivity contribution in [3.05, 3.63) is 29.8 Å². The Morgan fingerprint density at radius 3 is 2.76 bits per heavy atom. The molecular weight excluding hydrogens is 368 g/mol. The van der Waals surface area contributed by atoms with E-state index in [2.05, 4.69) is 16.0 Å². The average molecular weight is 389 g/mol. The van der Waals surface area contributed by atoms with Crippen LogP contribution in [-0.2, 0) is 14.8 Å². The number of carbonyl (C=O) groups is 2. The van der Waals surface area contributed by atoms with Crippen LogP contribution in [0.4, 0.5) is 0 Å². The number of rotatable bonds is 4. The Labute approximate surface area is 152 Å². The van der Waals surface area contributed by atoms with Crippen LogP contribution < -0.4 is 16.0 Å². The zero-order valence-electron chi connectivity index (χ0n) is 13.5. The van der Waals surface area contributed by atoms with Gasteiger partial charge in [-0.25, -0.2) is 8.42 Å². The molecule has 1 unspecified atom stereocenters. The van der Waals surface area contributed by atoms with Gasteiger partial charge in [0.15, 0.2) is 0 Å². The lowest BCUT2D eigenvalue weighted by Crippen LogP contribution is -2.49. The molecule has 10 heteroatoms. The Morgan fingerprint density at radius 2 is 2.08 bits per heavy atom. The molecule has 8 nitrogen and oxygen atoms in total. The molecule has 1 aromatic rings. The van der Waals surface area contributed by atoms with E-state index in [4.69, 9.17) is 0 Å². The molecule has 0 aromatic heterocycles. The van der Waals surface area contributed by atoms with Crippen LogP contribution in [0.5, 0.6) is 0 Å². The topological polar surface area (TPSA) is 108 Å². The number of nitrogens with zero attached hydrogens (tertiary/aromatic N) is 1. The molecule has 138 valence electrons. The van der Waals surface area contributed by atoms with Crippen LogP contribution >= 0.6 is 12.4 Å². The number of carbonyl (C=O) groups excluding carboxylic acids is 2. The monoisotopic (exact) mass is 388 g/mol. The molecule has 0 radical (unpaired) electrons. The summed E-state index contributed by atoms with van der Waals surface area (Å²) in [6, 6.07) is 5.98. The highest BCUT2D eigenvalue weighted by atomic mass is 35.5. The fraction of sp³-hybridized carbons (Fsp3) is 0.467. The van der Waals surface area contributed by atoms with Gasteiger partial charge in [0.25, 0.3) is 5.91 Å². The van der Waals surface area contributed by atoms with Crippen molar-refractivity contribution in [2.45, 2.75) is 17.4 Å². The van der Waals surface area contributed by atoms with Crippen molar-refractivity contribution in [1.29, 1.82) is 0 Å². The number of nitrogens with one attached hydrogen (secondary N) is 3. The Bertz CT molecular complexity index is 750. The Hall–Kier alpha value is -1.68. The largest absolute Gasteiger partial charge is 0.354 e. The highest BCUT2D eigenvalue weighted by Crippen LogP contribution is 2.18. The maximum absolute atomic E-state index is 12.7. The molecule has 2 fully saturated rings. The molecule has 0 saturated carbocycles. The third-order valence-electron chi connectivity index (χ3n) is 4.13. The van der Waals surface area contributed by atoms with Crippen molar-refractivity contribution in [2.24, 2.45) is 0 Å². The average Bonchev–Trinajstić information content (AvgIpc) is 3.08. The molecule has 2 heterocycles. The predicted molar refractivity (Wildman–Crippen MR) is 94.2 cm³/mol. The number of halogens is 1. The quantitative estimate of drug-likeness (QED) is 0.633. The molecule has 0 spiro atoms. The summed E-state index contributed by atoms with van der Waals surface area (Å²) in [5, 5.41) is 8.63. The maximum Gasteiger partial charge on any atom is 0.251 e. The van der Waals surface area contributed by atoms with Crippen molar-refractivity contribution in [1.82, 2.24) is 20.3 Å². The molecule has 0 aliphatic carbocycles. The molecule has 25 heavy (non-hydrogen) atoms. The number of piperazine rings is 1. The fourth-order valence-electron chi connectivity index (χ4n) is 2.81. The van der Waals surface area contributed by atoms with Crippen molar-refractivity contribution >= 4 is 34.2 Å². The summed E-state index contributed by atoms with van der Waals surface area (Å²) in [6.45, 7) is 1.88. The summed E-state index contributed by atoms with van der Waals surface area (Å²) in [6.07, 6.45) is 0.854. The zero-order chi connectivity index (χ0) is 17.2. The van der Waals surface area contributed by atoms with E-state index in [9.17, 15) is 18.0 Å². The van der Waals surface area contributed by atoms with Crippen molar-refractivity contribution < 1.29 is 18.0 Å². The summed E-state index contributed by atoms with van der Waals surface area (Å²) in [5.74, 6) is -0.621. The van der Waals surface area contributed by atoms with E-state index in [-0.39, 0.29) is 54.8 Å². The van der Waals surface area contributed by atoms with Crippen LogP contribution in [0.15, 0.2) is 29.2 Å². The first-order chi connectivity index (χ1) is 11.5. The van der Waals surface area contributed by atoms with Crippen LogP contribution in [0, 0.1) is 0 Å². The van der Waals surface area contributed by atoms with Crippen molar-refractivity contribution in [3.63, 3.8) is 0 Å². The van der Waals surface area contributed by atoms with E-state index in [0.29, 0.717) is 12.1 Å². The highest BCUT2D eigenvalue weighted by Gasteiger charge is 2.29. The van der Waals surface area contributed by atoms with Gasteiger partial charge in [-0.05, 0) is 31.2 Å². The maximum atomic E-state index is 12.7. The van der Waals surface area contributed by atoms with Crippen LogP contribution in [0.2, 0.25) is 0 Å². The second-order valence-electron chi connectivity index (χ2n) is 5.88. The number of benzene rings is 1. The number of hydrogen-bond acceptors (Lipinski definition) is 5. The second kappa shape index (κ2) is 8.13. The van der Waals surface area contributed by atoms with Crippen molar-refractivity contribution in [2.75, 3.05) is 32.7 Å². The first kappa shape index (κ1) is 19.6. The Balaban J connectivity index is 0.00000225. The van der Waals surface area contributed by atoms with Gasteiger partial charge in [-0.15, -0.1) is 12.4 Å². The van der Waals surface area contributed by atoms with Crippen LogP contribution in [0.1, 0.15) is 16.8 Å². The van der Waals surface area contributed by atoms with Gasteiger partial charge in [-0.2, -0.15) is 4.31 Å². The first-order valence-corrected chi connectivity index (χ1v) is 9.29. The molecule has 2 saturated heterocycles. The molecule has 2 amide bonds. The summed E-state index contributed by atoms with van der Waals surface area (Å²) in [7, 11) is -3.80. The van der Waals surface area contributed by atoms with E-state index in [1.165, 1.54) is 12.1 Å². The standard InChI is InChI=1S/C15H20N4O4S.ClH/c20-14-10-19(7-6-17-14)24(22,23)13-3-1-2-11(8-13)15(21)18-12-4-5-16-9-12;/h1-3,8,12,16H,4-7,9-10H2,(H,17,20)(H,18,21);1H. The Morgan fingerprint density at radius 1 is 1.28 bits per heavy atom. The molecule has 1 atom stereocenters. The van der Waals surface area contributed by atoms with Crippen LogP contribution in [-0.4, -0.2) is 63.3 Å². The summed E-state index contributed by atoms with van der Waals surface area (Å²) in [5.41, 5.74) is 0.296. The van der Waals surface area contributed by atoms with E-state index >= 15 is 0 Å². The minimum Gasteiger partial charge on any atom is -0.354 e. The third-order valence-corrected chi connectivity index (χ3v) is 5.97. The van der Waals surface area contributed by atoms with Gasteiger partial charge in [0.1, 0.15) is 0 Å². The third kappa shape index (κ3) is 4.49. The number of amides is 2. The predicted octanol–water partition coefficient (Wildman–Crippen LogP) is -0.679. The van der Waals surface area contributed by atoms with E-state index in [0.717, 1.165) is 17.3 Å². The van der Waals surface area contributed by atoms with Crippen molar-refractivity contribution in [3.8, 4) is 0 Å². The lowest BCUT2D eigenvalue weighted by molar-refractivity contribution is -0.122. The molecule has 3 N–H and O–H groups in total. The normalized spacial score (nSPS) is 21.3. The second-order valence-corrected chi connectivity index (χ2v) is 7.82. The van der Waals surface area contributed by atoms with Gasteiger partial charge in [0, 0.05) is 31.2 Å². The SMILES string of the molecule is Cl.O=C1CN(S(=O)(=O)c2cccc(C(=O)NC3CCNC3)c2)CCN1. The molecule has 2 aliphatic heterocycles. The summed E-state index contributed by atoms with van der Waals surface area (Å²) >= 11 is 0. The van der Waals surface area contributed by atoms with Gasteiger partial charge in [-0.1, -0.05) is 6.07 Å². The first-order valence-electron chi connectivity index (χ1n) is 7.85.